The van der Waals surface area contributed by atoms with Crippen LogP contribution < -0.4 is 15.4 Å². The van der Waals surface area contributed by atoms with Gasteiger partial charge in [-0.3, -0.25) is 9.59 Å². The van der Waals surface area contributed by atoms with Crippen molar-refractivity contribution in [3.8, 4) is 5.75 Å². The molecular formula is C17H17FN2O3. The highest BCUT2D eigenvalue weighted by Gasteiger charge is 2.16. The highest BCUT2D eigenvalue weighted by molar-refractivity contribution is 5.94. The van der Waals surface area contributed by atoms with E-state index in [1.165, 1.54) is 19.1 Å². The monoisotopic (exact) mass is 316 g/mol. The molecule has 2 rings (SSSR count). The molecule has 2 aromatic rings. The molecule has 0 aliphatic carbocycles. The molecule has 1 atom stereocenters. The standard InChI is InChI=1S/C17H17FN2O3/c1-11(17(22)20-16-9-4-3-8-15(16)18)23-14-7-5-6-13(10-14)19-12(2)21/h3-11H,1-2H3,(H,19,21)(H,20,22)/t11-/m1/s1. The Kier molecular flexibility index (Phi) is 5.30. The lowest BCUT2D eigenvalue weighted by Crippen LogP contribution is -2.30. The Morgan fingerprint density at radius 3 is 2.52 bits per heavy atom. The molecule has 23 heavy (non-hydrogen) atoms. The fraction of sp³-hybridized carbons (Fsp3) is 0.176. The smallest absolute Gasteiger partial charge is 0.265 e. The first kappa shape index (κ1) is 16.5. The highest BCUT2D eigenvalue weighted by Crippen LogP contribution is 2.19. The second kappa shape index (κ2) is 7.40. The minimum atomic E-state index is -0.831. The van der Waals surface area contributed by atoms with Crippen molar-refractivity contribution in [2.75, 3.05) is 10.6 Å². The van der Waals surface area contributed by atoms with Crippen molar-refractivity contribution in [1.29, 1.82) is 0 Å². The van der Waals surface area contributed by atoms with Crippen molar-refractivity contribution in [1.82, 2.24) is 0 Å². The van der Waals surface area contributed by atoms with E-state index in [-0.39, 0.29) is 11.6 Å². The van der Waals surface area contributed by atoms with Gasteiger partial charge in [-0.25, -0.2) is 4.39 Å². The molecule has 2 amide bonds. The number of para-hydroxylation sites is 1. The predicted octanol–water partition coefficient (Wildman–Crippen LogP) is 3.19. The van der Waals surface area contributed by atoms with Crippen molar-refractivity contribution in [2.24, 2.45) is 0 Å². The molecule has 0 bridgehead atoms. The molecule has 0 aliphatic rings. The number of carbonyl (C=O) groups excluding carboxylic acids is 2. The van der Waals surface area contributed by atoms with Crippen LogP contribution in [0.25, 0.3) is 0 Å². The topological polar surface area (TPSA) is 67.4 Å². The number of benzene rings is 2. The fourth-order valence-electron chi connectivity index (χ4n) is 1.91. The minimum absolute atomic E-state index is 0.0972. The molecular weight excluding hydrogens is 299 g/mol. The van der Waals surface area contributed by atoms with Gasteiger partial charge >= 0.3 is 0 Å². The second-order valence-electron chi connectivity index (χ2n) is 4.94. The summed E-state index contributed by atoms with van der Waals surface area (Å²) in [5.41, 5.74) is 0.664. The minimum Gasteiger partial charge on any atom is -0.481 e. The average molecular weight is 316 g/mol. The van der Waals surface area contributed by atoms with E-state index in [9.17, 15) is 14.0 Å². The number of hydrogen-bond acceptors (Lipinski definition) is 3. The van der Waals surface area contributed by atoms with Crippen LogP contribution in [0.5, 0.6) is 5.75 Å². The van der Waals surface area contributed by atoms with E-state index in [2.05, 4.69) is 10.6 Å². The number of amides is 2. The maximum Gasteiger partial charge on any atom is 0.265 e. The average Bonchev–Trinajstić information content (AvgIpc) is 2.49. The van der Waals surface area contributed by atoms with Crippen LogP contribution in [0.2, 0.25) is 0 Å². The zero-order chi connectivity index (χ0) is 16.8. The van der Waals surface area contributed by atoms with E-state index >= 15 is 0 Å². The molecule has 0 saturated carbocycles. The lowest BCUT2D eigenvalue weighted by Gasteiger charge is -2.15. The third-order valence-corrected chi connectivity index (χ3v) is 2.97. The van der Waals surface area contributed by atoms with Crippen LogP contribution in [0, 0.1) is 5.82 Å². The van der Waals surface area contributed by atoms with Crippen LogP contribution in [0.15, 0.2) is 48.5 Å². The first-order valence-electron chi connectivity index (χ1n) is 7.05. The third-order valence-electron chi connectivity index (χ3n) is 2.97. The van der Waals surface area contributed by atoms with Crippen LogP contribution >= 0.6 is 0 Å². The van der Waals surface area contributed by atoms with Crippen LogP contribution in [0.4, 0.5) is 15.8 Å². The molecule has 2 aromatic carbocycles. The summed E-state index contributed by atoms with van der Waals surface area (Å²) in [6, 6.07) is 12.6. The Hall–Kier alpha value is -2.89. The van der Waals surface area contributed by atoms with E-state index in [4.69, 9.17) is 4.74 Å². The van der Waals surface area contributed by atoms with Gasteiger partial charge in [0.15, 0.2) is 6.10 Å². The van der Waals surface area contributed by atoms with Gasteiger partial charge in [0.25, 0.3) is 5.91 Å². The van der Waals surface area contributed by atoms with Gasteiger partial charge in [-0.1, -0.05) is 18.2 Å². The van der Waals surface area contributed by atoms with Crippen LogP contribution in [-0.2, 0) is 9.59 Å². The molecule has 0 fully saturated rings. The number of anilines is 2. The van der Waals surface area contributed by atoms with E-state index in [1.54, 1.807) is 43.3 Å². The van der Waals surface area contributed by atoms with E-state index in [0.717, 1.165) is 0 Å². The number of hydrogen-bond donors (Lipinski definition) is 2. The van der Waals surface area contributed by atoms with Gasteiger partial charge in [-0.15, -0.1) is 0 Å². The lowest BCUT2D eigenvalue weighted by atomic mass is 10.2. The molecule has 0 aliphatic heterocycles. The van der Waals surface area contributed by atoms with Crippen LogP contribution in [-0.4, -0.2) is 17.9 Å². The number of halogens is 1. The number of rotatable bonds is 5. The van der Waals surface area contributed by atoms with Gasteiger partial charge < -0.3 is 15.4 Å². The Bertz CT molecular complexity index is 718. The molecule has 2 N–H and O–H groups in total. The highest BCUT2D eigenvalue weighted by atomic mass is 19.1. The van der Waals surface area contributed by atoms with Gasteiger partial charge in [0.1, 0.15) is 11.6 Å². The van der Waals surface area contributed by atoms with Gasteiger partial charge in [-0.2, -0.15) is 0 Å². The first-order chi connectivity index (χ1) is 11.0. The summed E-state index contributed by atoms with van der Waals surface area (Å²) >= 11 is 0. The Morgan fingerprint density at radius 2 is 1.83 bits per heavy atom. The zero-order valence-electron chi connectivity index (χ0n) is 12.8. The van der Waals surface area contributed by atoms with Gasteiger partial charge in [0.05, 0.1) is 5.69 Å². The predicted molar refractivity (Wildman–Crippen MR) is 85.9 cm³/mol. The van der Waals surface area contributed by atoms with Crippen LogP contribution in [0.3, 0.4) is 0 Å². The summed E-state index contributed by atoms with van der Waals surface area (Å²) in [4.78, 5) is 23.1. The number of carbonyl (C=O) groups is 2. The molecule has 5 nitrogen and oxygen atoms in total. The van der Waals surface area contributed by atoms with E-state index in [0.29, 0.717) is 11.4 Å². The van der Waals surface area contributed by atoms with Gasteiger partial charge in [0, 0.05) is 18.7 Å². The number of nitrogens with one attached hydrogen (secondary N) is 2. The van der Waals surface area contributed by atoms with Crippen molar-refractivity contribution < 1.29 is 18.7 Å². The lowest BCUT2D eigenvalue weighted by molar-refractivity contribution is -0.122. The van der Waals surface area contributed by atoms with Crippen molar-refractivity contribution >= 4 is 23.2 Å². The van der Waals surface area contributed by atoms with Crippen molar-refractivity contribution in [3.05, 3.63) is 54.3 Å². The first-order valence-corrected chi connectivity index (χ1v) is 7.05. The molecule has 0 aromatic heterocycles. The fourth-order valence-corrected chi connectivity index (χ4v) is 1.91. The number of ether oxygens (including phenoxy) is 1. The molecule has 0 radical (unpaired) electrons. The maximum atomic E-state index is 13.5. The van der Waals surface area contributed by atoms with Gasteiger partial charge in [0.2, 0.25) is 5.91 Å². The summed E-state index contributed by atoms with van der Waals surface area (Å²) in [5, 5.41) is 5.09. The van der Waals surface area contributed by atoms with Crippen molar-refractivity contribution in [3.63, 3.8) is 0 Å². The summed E-state index contributed by atoms with van der Waals surface area (Å²) in [6.45, 7) is 2.96. The molecule has 0 saturated heterocycles. The Morgan fingerprint density at radius 1 is 1.09 bits per heavy atom. The van der Waals surface area contributed by atoms with Crippen LogP contribution in [0.1, 0.15) is 13.8 Å². The Labute approximate surface area is 133 Å². The quantitative estimate of drug-likeness (QED) is 0.890. The molecule has 0 heterocycles. The Balaban J connectivity index is 2.01. The van der Waals surface area contributed by atoms with Gasteiger partial charge in [-0.05, 0) is 31.2 Å². The van der Waals surface area contributed by atoms with Crippen molar-refractivity contribution in [2.45, 2.75) is 20.0 Å². The molecule has 0 spiro atoms. The largest absolute Gasteiger partial charge is 0.481 e. The maximum absolute atomic E-state index is 13.5. The molecule has 0 unspecified atom stereocenters. The normalized spacial score (nSPS) is 11.4. The SMILES string of the molecule is CC(=O)Nc1cccc(O[C@H](C)C(=O)Nc2ccccc2F)c1. The van der Waals surface area contributed by atoms with E-state index in [1.807, 2.05) is 0 Å². The summed E-state index contributed by atoms with van der Waals surface area (Å²) in [5.74, 6) is -0.763. The summed E-state index contributed by atoms with van der Waals surface area (Å²) < 4.78 is 19.0. The third kappa shape index (κ3) is 4.81. The summed E-state index contributed by atoms with van der Waals surface area (Å²) in [7, 11) is 0. The molecule has 120 valence electrons. The second-order valence-corrected chi connectivity index (χ2v) is 4.94. The summed E-state index contributed by atoms with van der Waals surface area (Å²) in [6.07, 6.45) is -0.831. The van der Waals surface area contributed by atoms with E-state index < -0.39 is 17.8 Å². The molecule has 6 heteroatoms. The zero-order valence-corrected chi connectivity index (χ0v) is 12.8.